The summed E-state index contributed by atoms with van der Waals surface area (Å²) in [6.45, 7) is 2.28. The molecule has 3 aromatic heterocycles. The van der Waals surface area contributed by atoms with E-state index in [4.69, 9.17) is 5.73 Å². The first kappa shape index (κ1) is 17.2. The van der Waals surface area contributed by atoms with Crippen molar-refractivity contribution in [2.24, 2.45) is 12.8 Å². The first-order valence-electron chi connectivity index (χ1n) is 7.91. The topological polar surface area (TPSA) is 98.7 Å². The van der Waals surface area contributed by atoms with Crippen molar-refractivity contribution < 1.29 is 0 Å². The summed E-state index contributed by atoms with van der Waals surface area (Å²) in [4.78, 5) is 25.4. The molecule has 8 heteroatoms. The third-order valence-electron chi connectivity index (χ3n) is 3.95. The van der Waals surface area contributed by atoms with E-state index in [2.05, 4.69) is 20.3 Å². The van der Waals surface area contributed by atoms with Gasteiger partial charge >= 0.3 is 0 Å². The number of aromatic nitrogens is 4. The van der Waals surface area contributed by atoms with E-state index in [9.17, 15) is 4.79 Å². The van der Waals surface area contributed by atoms with Crippen molar-refractivity contribution in [3.05, 3.63) is 57.0 Å². The second-order valence-electron chi connectivity index (χ2n) is 5.83. The summed E-state index contributed by atoms with van der Waals surface area (Å²) in [5.74, 6) is 0.496. The molecule has 3 rings (SSSR count). The number of rotatable bonds is 6. The zero-order chi connectivity index (χ0) is 17.8. The largest absolute Gasteiger partial charge is 0.354 e. The Balaban J connectivity index is 1.81. The van der Waals surface area contributed by atoms with Crippen molar-refractivity contribution in [1.82, 2.24) is 19.5 Å². The van der Waals surface area contributed by atoms with Crippen LogP contribution in [0.2, 0.25) is 0 Å². The van der Waals surface area contributed by atoms with Gasteiger partial charge in [-0.3, -0.25) is 14.3 Å². The molecule has 0 spiro atoms. The monoisotopic (exact) mass is 356 g/mol. The van der Waals surface area contributed by atoms with E-state index in [0.717, 1.165) is 11.3 Å². The van der Waals surface area contributed by atoms with Crippen LogP contribution in [0.5, 0.6) is 0 Å². The van der Waals surface area contributed by atoms with Crippen molar-refractivity contribution in [2.75, 3.05) is 11.9 Å². The Morgan fingerprint density at radius 2 is 2.12 bits per heavy atom. The summed E-state index contributed by atoms with van der Waals surface area (Å²) in [5, 5.41) is 5.18. The molecule has 0 radical (unpaired) electrons. The van der Waals surface area contributed by atoms with E-state index < -0.39 is 0 Å². The number of hydrogen-bond donors (Lipinski definition) is 2. The van der Waals surface area contributed by atoms with Gasteiger partial charge in [-0.2, -0.15) is 0 Å². The molecular formula is C17H20N6OS. The van der Waals surface area contributed by atoms with Crippen LogP contribution in [0.1, 0.15) is 11.3 Å². The molecule has 3 N–H and O–H groups in total. The first-order chi connectivity index (χ1) is 12.1. The van der Waals surface area contributed by atoms with Crippen molar-refractivity contribution in [2.45, 2.75) is 19.4 Å². The fourth-order valence-electron chi connectivity index (χ4n) is 2.56. The Morgan fingerprint density at radius 1 is 1.36 bits per heavy atom. The molecule has 130 valence electrons. The maximum atomic E-state index is 12.5. The molecule has 0 aromatic carbocycles. The van der Waals surface area contributed by atoms with Gasteiger partial charge in [0.15, 0.2) is 0 Å². The van der Waals surface area contributed by atoms with Gasteiger partial charge in [0.2, 0.25) is 5.95 Å². The number of pyridine rings is 1. The summed E-state index contributed by atoms with van der Waals surface area (Å²) in [7, 11) is 1.70. The smallest absolute Gasteiger partial charge is 0.258 e. The lowest BCUT2D eigenvalue weighted by atomic mass is 10.1. The Kier molecular flexibility index (Phi) is 5.20. The number of thiazole rings is 1. The summed E-state index contributed by atoms with van der Waals surface area (Å²) in [6.07, 6.45) is 4.04. The SMILES string of the molecule is Cc1c(-c2ccncc2)nc(NC[C@@H](N)Cc2cscn2)n(C)c1=O. The van der Waals surface area contributed by atoms with Crippen molar-refractivity contribution in [3.63, 3.8) is 0 Å². The second kappa shape index (κ2) is 7.54. The molecule has 0 fully saturated rings. The molecule has 0 aliphatic heterocycles. The second-order valence-corrected chi connectivity index (χ2v) is 6.55. The highest BCUT2D eigenvalue weighted by molar-refractivity contribution is 7.07. The highest BCUT2D eigenvalue weighted by Crippen LogP contribution is 2.19. The lowest BCUT2D eigenvalue weighted by Crippen LogP contribution is -2.34. The molecule has 7 nitrogen and oxygen atoms in total. The fraction of sp³-hybridized carbons (Fsp3) is 0.294. The molecule has 0 aliphatic carbocycles. The van der Waals surface area contributed by atoms with Gasteiger partial charge < -0.3 is 11.1 Å². The number of nitrogens with one attached hydrogen (secondary N) is 1. The molecule has 0 aliphatic rings. The minimum absolute atomic E-state index is 0.0858. The van der Waals surface area contributed by atoms with E-state index >= 15 is 0 Å². The Bertz CT molecular complexity index is 892. The van der Waals surface area contributed by atoms with Crippen LogP contribution in [-0.4, -0.2) is 32.1 Å². The van der Waals surface area contributed by atoms with Crippen LogP contribution in [0.3, 0.4) is 0 Å². The molecule has 1 atom stereocenters. The predicted octanol–water partition coefficient (Wildman–Crippen LogP) is 1.59. The maximum absolute atomic E-state index is 12.5. The standard InChI is InChI=1S/C17H20N6OS/c1-11-15(12-3-5-19-6-4-12)22-17(23(2)16(11)24)20-8-13(18)7-14-9-25-10-21-14/h3-6,9-10,13H,7-8,18H2,1-2H3,(H,20,22)/t13-/m0/s1. The summed E-state index contributed by atoms with van der Waals surface area (Å²) < 4.78 is 1.51. The predicted molar refractivity (Wildman–Crippen MR) is 99.7 cm³/mol. The fourth-order valence-corrected chi connectivity index (χ4v) is 3.14. The lowest BCUT2D eigenvalue weighted by Gasteiger charge is -2.16. The Morgan fingerprint density at radius 3 is 2.80 bits per heavy atom. The minimum atomic E-state index is -0.121. The summed E-state index contributed by atoms with van der Waals surface area (Å²) in [5.41, 5.74) is 11.0. The third-order valence-corrected chi connectivity index (χ3v) is 4.58. The quantitative estimate of drug-likeness (QED) is 0.696. The van der Waals surface area contributed by atoms with Crippen molar-refractivity contribution in [1.29, 1.82) is 0 Å². The highest BCUT2D eigenvalue weighted by Gasteiger charge is 2.14. The van der Waals surface area contributed by atoms with Crippen LogP contribution in [0.4, 0.5) is 5.95 Å². The van der Waals surface area contributed by atoms with E-state index in [1.807, 2.05) is 17.5 Å². The molecule has 25 heavy (non-hydrogen) atoms. The molecule has 0 amide bonds. The normalized spacial score (nSPS) is 12.1. The van der Waals surface area contributed by atoms with Crippen LogP contribution < -0.4 is 16.6 Å². The summed E-state index contributed by atoms with van der Waals surface area (Å²) in [6, 6.07) is 3.56. The van der Waals surface area contributed by atoms with Gasteiger partial charge in [0, 0.05) is 55.0 Å². The number of hydrogen-bond acceptors (Lipinski definition) is 7. The zero-order valence-corrected chi connectivity index (χ0v) is 15.0. The van der Waals surface area contributed by atoms with Gasteiger partial charge in [-0.15, -0.1) is 11.3 Å². The van der Waals surface area contributed by atoms with Crippen LogP contribution in [0.25, 0.3) is 11.3 Å². The molecular weight excluding hydrogens is 336 g/mol. The van der Waals surface area contributed by atoms with Gasteiger partial charge in [0.05, 0.1) is 16.9 Å². The highest BCUT2D eigenvalue weighted by atomic mass is 32.1. The lowest BCUT2D eigenvalue weighted by molar-refractivity contribution is 0.678. The first-order valence-corrected chi connectivity index (χ1v) is 8.85. The van der Waals surface area contributed by atoms with E-state index in [-0.39, 0.29) is 11.6 Å². The molecule has 0 saturated carbocycles. The third kappa shape index (κ3) is 3.92. The molecule has 3 aromatic rings. The Hall–Kier alpha value is -2.58. The summed E-state index contributed by atoms with van der Waals surface area (Å²) >= 11 is 1.55. The number of anilines is 1. The van der Waals surface area contributed by atoms with Crippen LogP contribution >= 0.6 is 11.3 Å². The minimum Gasteiger partial charge on any atom is -0.354 e. The average Bonchev–Trinajstić information content (AvgIpc) is 3.13. The van der Waals surface area contributed by atoms with Crippen LogP contribution in [0.15, 0.2) is 40.2 Å². The van der Waals surface area contributed by atoms with Gasteiger partial charge in [-0.05, 0) is 19.1 Å². The molecule has 3 heterocycles. The zero-order valence-electron chi connectivity index (χ0n) is 14.1. The molecule has 0 unspecified atom stereocenters. The van der Waals surface area contributed by atoms with Gasteiger partial charge in [0.1, 0.15) is 0 Å². The van der Waals surface area contributed by atoms with Crippen LogP contribution in [0, 0.1) is 6.92 Å². The Labute approximate surface area is 149 Å². The van der Waals surface area contributed by atoms with Gasteiger partial charge in [0.25, 0.3) is 5.56 Å². The number of nitrogens with two attached hydrogens (primary N) is 1. The molecule has 0 bridgehead atoms. The van der Waals surface area contributed by atoms with E-state index in [1.165, 1.54) is 4.57 Å². The van der Waals surface area contributed by atoms with E-state index in [0.29, 0.717) is 30.2 Å². The van der Waals surface area contributed by atoms with Gasteiger partial charge in [-0.1, -0.05) is 0 Å². The van der Waals surface area contributed by atoms with Crippen LogP contribution in [-0.2, 0) is 13.5 Å². The average molecular weight is 356 g/mol. The van der Waals surface area contributed by atoms with E-state index in [1.54, 1.807) is 43.2 Å². The van der Waals surface area contributed by atoms with Crippen molar-refractivity contribution >= 4 is 17.3 Å². The number of nitrogens with zero attached hydrogens (tertiary/aromatic N) is 4. The maximum Gasteiger partial charge on any atom is 0.258 e. The van der Waals surface area contributed by atoms with Crippen molar-refractivity contribution in [3.8, 4) is 11.3 Å². The van der Waals surface area contributed by atoms with Gasteiger partial charge in [-0.25, -0.2) is 9.97 Å². The molecule has 0 saturated heterocycles.